The number of hydrogen-bond donors (Lipinski definition) is 2. The zero-order valence-corrected chi connectivity index (χ0v) is 23.4. The van der Waals surface area contributed by atoms with Crippen LogP contribution in [0.5, 0.6) is 0 Å². The maximum Gasteiger partial charge on any atom is 0.293 e. The Hall–Kier alpha value is -3.18. The maximum absolute atomic E-state index is 13.0. The highest BCUT2D eigenvalue weighted by Gasteiger charge is 2.55. The molecule has 11 heteroatoms. The second kappa shape index (κ2) is 10.1. The van der Waals surface area contributed by atoms with Crippen LogP contribution in [-0.4, -0.2) is 51.6 Å². The minimum absolute atomic E-state index is 0.00275. The molecule has 2 bridgehead atoms. The van der Waals surface area contributed by atoms with Crippen LogP contribution in [0.4, 0.5) is 17.1 Å². The smallest absolute Gasteiger partial charge is 0.293 e. The van der Waals surface area contributed by atoms with E-state index in [-0.39, 0.29) is 38.7 Å². The molecule has 210 valence electrons. The lowest BCUT2D eigenvalue weighted by atomic mass is 9.63. The number of piperidine rings is 1. The van der Waals surface area contributed by atoms with Gasteiger partial charge in [0, 0.05) is 49.7 Å². The summed E-state index contributed by atoms with van der Waals surface area (Å²) in [6.07, 6.45) is 3.80. The highest BCUT2D eigenvalue weighted by Crippen LogP contribution is 2.59. The number of carbonyl (C=O) groups is 1. The summed E-state index contributed by atoms with van der Waals surface area (Å²) < 4.78 is 33.3. The Morgan fingerprint density at radius 3 is 2.41 bits per heavy atom. The van der Waals surface area contributed by atoms with E-state index in [4.69, 9.17) is 4.74 Å². The highest BCUT2D eigenvalue weighted by molar-refractivity contribution is 7.90. The molecule has 0 spiro atoms. The molecule has 1 amide bonds. The number of ether oxygens (including phenoxy) is 1. The topological polar surface area (TPSA) is 131 Å². The molecule has 3 aliphatic rings. The van der Waals surface area contributed by atoms with Gasteiger partial charge in [-0.15, -0.1) is 0 Å². The minimum atomic E-state index is -4.33. The van der Waals surface area contributed by atoms with E-state index in [1.807, 2.05) is 12.1 Å². The van der Waals surface area contributed by atoms with Crippen molar-refractivity contribution < 1.29 is 22.9 Å². The molecule has 2 aromatic carbocycles. The summed E-state index contributed by atoms with van der Waals surface area (Å²) in [4.78, 5) is 25.9. The van der Waals surface area contributed by atoms with Gasteiger partial charge in [0.1, 0.15) is 5.69 Å². The van der Waals surface area contributed by atoms with Crippen LogP contribution in [0.25, 0.3) is 0 Å². The van der Waals surface area contributed by atoms with Gasteiger partial charge in [-0.1, -0.05) is 20.8 Å². The Kier molecular flexibility index (Phi) is 7.09. The van der Waals surface area contributed by atoms with E-state index in [1.54, 1.807) is 12.1 Å². The van der Waals surface area contributed by atoms with E-state index in [2.05, 4.69) is 35.7 Å². The van der Waals surface area contributed by atoms with Crippen molar-refractivity contribution in [3.05, 3.63) is 58.1 Å². The summed E-state index contributed by atoms with van der Waals surface area (Å²) in [5.41, 5.74) is 1.57. The third kappa shape index (κ3) is 5.21. The van der Waals surface area contributed by atoms with E-state index >= 15 is 0 Å². The molecule has 3 fully saturated rings. The summed E-state index contributed by atoms with van der Waals surface area (Å²) in [5, 5.41) is 14.8. The molecule has 1 aliphatic carbocycles. The number of benzene rings is 2. The molecule has 0 radical (unpaired) electrons. The van der Waals surface area contributed by atoms with Crippen molar-refractivity contribution in [2.45, 2.75) is 57.4 Å². The molecule has 10 nitrogen and oxygen atoms in total. The Balaban J connectivity index is 1.28. The molecule has 5 rings (SSSR count). The van der Waals surface area contributed by atoms with E-state index in [1.165, 1.54) is 25.0 Å². The Morgan fingerprint density at radius 2 is 1.77 bits per heavy atom. The summed E-state index contributed by atoms with van der Waals surface area (Å²) >= 11 is 0. The molecular formula is C28H36N4O6S. The van der Waals surface area contributed by atoms with Crippen molar-refractivity contribution in [1.29, 1.82) is 0 Å². The first-order valence-electron chi connectivity index (χ1n) is 13.4. The van der Waals surface area contributed by atoms with Crippen LogP contribution >= 0.6 is 0 Å². The third-order valence-electron chi connectivity index (χ3n) is 9.38. The maximum atomic E-state index is 13.0. The SMILES string of the molecule is CC1(C)[C@@H]2CC[C@@]1(C)CN(c1ccc(C(=O)NS(=O)(=O)c3ccc(NC4CCOCC4)c([N+](=O)[O-])c3)cc1)C2. The van der Waals surface area contributed by atoms with Crippen LogP contribution < -0.4 is 14.9 Å². The van der Waals surface area contributed by atoms with Crippen LogP contribution in [-0.2, 0) is 14.8 Å². The predicted molar refractivity (Wildman–Crippen MR) is 148 cm³/mol. The van der Waals surface area contributed by atoms with Crippen LogP contribution in [0, 0.1) is 26.9 Å². The van der Waals surface area contributed by atoms with Crippen molar-refractivity contribution in [2.24, 2.45) is 16.7 Å². The van der Waals surface area contributed by atoms with Gasteiger partial charge in [0.05, 0.1) is 9.82 Å². The molecule has 0 aromatic heterocycles. The monoisotopic (exact) mass is 556 g/mol. The van der Waals surface area contributed by atoms with E-state index in [0.717, 1.165) is 24.8 Å². The quantitative estimate of drug-likeness (QED) is 0.375. The fourth-order valence-corrected chi connectivity index (χ4v) is 7.29. The van der Waals surface area contributed by atoms with Gasteiger partial charge >= 0.3 is 0 Å². The van der Waals surface area contributed by atoms with Gasteiger partial charge in [0.25, 0.3) is 21.6 Å². The van der Waals surface area contributed by atoms with Crippen molar-refractivity contribution in [3.8, 4) is 0 Å². The number of nitrogens with one attached hydrogen (secondary N) is 2. The van der Waals surface area contributed by atoms with Crippen LogP contribution in [0.2, 0.25) is 0 Å². The van der Waals surface area contributed by atoms with Crippen LogP contribution in [0.1, 0.15) is 56.8 Å². The largest absolute Gasteiger partial charge is 0.381 e. The van der Waals surface area contributed by atoms with Crippen molar-refractivity contribution in [2.75, 3.05) is 36.5 Å². The molecule has 1 saturated carbocycles. The molecular weight excluding hydrogens is 520 g/mol. The second-order valence-corrected chi connectivity index (χ2v) is 13.5. The molecule has 2 aliphatic heterocycles. The molecule has 2 heterocycles. The molecule has 2 aromatic rings. The van der Waals surface area contributed by atoms with E-state index in [9.17, 15) is 23.3 Å². The fourth-order valence-electron chi connectivity index (χ4n) is 6.30. The van der Waals surface area contributed by atoms with Crippen molar-refractivity contribution in [1.82, 2.24) is 4.72 Å². The van der Waals surface area contributed by atoms with Gasteiger partial charge in [0.15, 0.2) is 0 Å². The average molecular weight is 557 g/mol. The second-order valence-electron chi connectivity index (χ2n) is 11.8. The first-order chi connectivity index (χ1) is 18.4. The van der Waals surface area contributed by atoms with Gasteiger partial charge in [-0.25, -0.2) is 13.1 Å². The van der Waals surface area contributed by atoms with Crippen molar-refractivity contribution >= 4 is 33.0 Å². The minimum Gasteiger partial charge on any atom is -0.381 e. The number of anilines is 2. The molecule has 2 saturated heterocycles. The predicted octanol–water partition coefficient (Wildman–Crippen LogP) is 4.57. The fraction of sp³-hybridized carbons (Fsp3) is 0.536. The molecule has 39 heavy (non-hydrogen) atoms. The average Bonchev–Trinajstić information content (AvgIpc) is 3.02. The number of fused-ring (bicyclic) bond motifs is 2. The lowest BCUT2D eigenvalue weighted by Gasteiger charge is -2.51. The number of hydrogen-bond acceptors (Lipinski definition) is 8. The molecule has 2 atom stereocenters. The number of nitro groups is 1. The van der Waals surface area contributed by atoms with Crippen LogP contribution in [0.3, 0.4) is 0 Å². The lowest BCUT2D eigenvalue weighted by Crippen LogP contribution is -2.52. The lowest BCUT2D eigenvalue weighted by molar-refractivity contribution is -0.384. The Bertz CT molecular complexity index is 1370. The number of nitro benzene ring substituents is 1. The van der Waals surface area contributed by atoms with Crippen molar-refractivity contribution in [3.63, 3.8) is 0 Å². The standard InChI is InChI=1S/C28H36N4O6S/c1-27(2)20-10-13-28(27,3)18-31(17-20)22-6-4-19(5-7-22)26(33)30-39(36,37)23-8-9-24(25(16-23)32(34)35)29-21-11-14-38-15-12-21/h4-9,16,20-21,29H,10-15,17-18H2,1-3H3,(H,30,33)/t20-,28+/m1/s1. The molecule has 0 unspecified atom stereocenters. The first kappa shape index (κ1) is 27.4. The number of rotatable bonds is 7. The zero-order valence-electron chi connectivity index (χ0n) is 22.6. The third-order valence-corrected chi connectivity index (χ3v) is 10.7. The Morgan fingerprint density at radius 1 is 1.08 bits per heavy atom. The first-order valence-corrected chi connectivity index (χ1v) is 14.9. The normalized spacial score (nSPS) is 24.8. The van der Waals surface area contributed by atoms with Gasteiger partial charge in [-0.3, -0.25) is 14.9 Å². The Labute approximate surface area is 229 Å². The van der Waals surface area contributed by atoms with Crippen LogP contribution in [0.15, 0.2) is 47.4 Å². The number of carbonyl (C=O) groups excluding carboxylic acids is 1. The van der Waals surface area contributed by atoms with Gasteiger partial charge < -0.3 is 15.0 Å². The highest BCUT2D eigenvalue weighted by atomic mass is 32.2. The summed E-state index contributed by atoms with van der Waals surface area (Å²) in [5.74, 6) is -0.188. The number of sulfonamides is 1. The van der Waals surface area contributed by atoms with E-state index < -0.39 is 20.9 Å². The summed E-state index contributed by atoms with van der Waals surface area (Å²) in [7, 11) is -4.33. The number of amides is 1. The summed E-state index contributed by atoms with van der Waals surface area (Å²) in [6, 6.07) is 10.6. The zero-order chi connectivity index (χ0) is 28.0. The van der Waals surface area contributed by atoms with E-state index in [0.29, 0.717) is 32.0 Å². The summed E-state index contributed by atoms with van der Waals surface area (Å²) in [6.45, 7) is 10.1. The van der Waals surface area contributed by atoms with Gasteiger partial charge in [-0.05, 0) is 78.8 Å². The number of nitrogens with zero attached hydrogens (tertiary/aromatic N) is 2. The van der Waals surface area contributed by atoms with Gasteiger partial charge in [-0.2, -0.15) is 0 Å². The van der Waals surface area contributed by atoms with Gasteiger partial charge in [0.2, 0.25) is 0 Å². The molecule has 2 N–H and O–H groups in total.